The molecule has 1 saturated heterocycles. The number of nitrogens with zero attached hydrogens (tertiary/aromatic N) is 1. The lowest BCUT2D eigenvalue weighted by Crippen LogP contribution is -2.39. The van der Waals surface area contributed by atoms with Crippen LogP contribution in [-0.4, -0.2) is 36.6 Å². The SMILES string of the molecule is CC1CCCCN1CCCNC1Cc2ccccc2C1. The summed E-state index contributed by atoms with van der Waals surface area (Å²) >= 11 is 0. The maximum Gasteiger partial charge on any atom is 0.0148 e. The zero-order valence-electron chi connectivity index (χ0n) is 12.8. The highest BCUT2D eigenvalue weighted by molar-refractivity contribution is 5.33. The van der Waals surface area contributed by atoms with Crippen molar-refractivity contribution in [2.75, 3.05) is 19.6 Å². The minimum absolute atomic E-state index is 0.672. The van der Waals surface area contributed by atoms with Gasteiger partial charge in [-0.2, -0.15) is 0 Å². The van der Waals surface area contributed by atoms with Crippen LogP contribution in [0.3, 0.4) is 0 Å². The van der Waals surface area contributed by atoms with Crippen LogP contribution in [0.2, 0.25) is 0 Å². The Bertz CT molecular complexity index is 404. The predicted octanol–water partition coefficient (Wildman–Crippen LogP) is 3.01. The zero-order chi connectivity index (χ0) is 13.8. The van der Waals surface area contributed by atoms with E-state index in [4.69, 9.17) is 0 Å². The molecular formula is C18H28N2. The van der Waals surface area contributed by atoms with E-state index in [2.05, 4.69) is 41.4 Å². The zero-order valence-corrected chi connectivity index (χ0v) is 12.8. The van der Waals surface area contributed by atoms with Crippen LogP contribution in [0.25, 0.3) is 0 Å². The van der Waals surface area contributed by atoms with Crippen molar-refractivity contribution in [3.05, 3.63) is 35.4 Å². The molecule has 2 aliphatic rings. The molecule has 2 nitrogen and oxygen atoms in total. The molecule has 110 valence electrons. The lowest BCUT2D eigenvalue weighted by Gasteiger charge is -2.33. The summed E-state index contributed by atoms with van der Waals surface area (Å²) in [7, 11) is 0. The molecule has 1 heterocycles. The highest BCUT2D eigenvalue weighted by atomic mass is 15.2. The van der Waals surface area contributed by atoms with Gasteiger partial charge in [-0.25, -0.2) is 0 Å². The van der Waals surface area contributed by atoms with E-state index in [-0.39, 0.29) is 0 Å². The number of fused-ring (bicyclic) bond motifs is 1. The number of benzene rings is 1. The second kappa shape index (κ2) is 6.73. The van der Waals surface area contributed by atoms with E-state index >= 15 is 0 Å². The molecular weight excluding hydrogens is 244 g/mol. The van der Waals surface area contributed by atoms with E-state index in [1.165, 1.54) is 58.2 Å². The van der Waals surface area contributed by atoms with Gasteiger partial charge in [0.2, 0.25) is 0 Å². The molecule has 20 heavy (non-hydrogen) atoms. The summed E-state index contributed by atoms with van der Waals surface area (Å²) in [5, 5.41) is 3.76. The van der Waals surface area contributed by atoms with E-state index in [1.54, 1.807) is 11.1 Å². The van der Waals surface area contributed by atoms with Gasteiger partial charge in [-0.05, 0) is 69.8 Å². The molecule has 0 saturated carbocycles. The molecule has 1 aliphatic heterocycles. The Kier molecular flexibility index (Phi) is 4.74. The van der Waals surface area contributed by atoms with Crippen molar-refractivity contribution in [3.63, 3.8) is 0 Å². The van der Waals surface area contributed by atoms with E-state index < -0.39 is 0 Å². The number of hydrogen-bond acceptors (Lipinski definition) is 2. The first-order valence-electron chi connectivity index (χ1n) is 8.37. The first-order valence-corrected chi connectivity index (χ1v) is 8.37. The molecule has 1 aromatic rings. The summed E-state index contributed by atoms with van der Waals surface area (Å²) in [6.07, 6.45) is 7.95. The molecule has 1 N–H and O–H groups in total. The molecule has 0 bridgehead atoms. The van der Waals surface area contributed by atoms with Crippen molar-refractivity contribution in [2.45, 2.75) is 57.5 Å². The third-order valence-electron chi connectivity index (χ3n) is 5.05. The van der Waals surface area contributed by atoms with E-state index in [9.17, 15) is 0 Å². The van der Waals surface area contributed by atoms with Gasteiger partial charge in [-0.3, -0.25) is 0 Å². The van der Waals surface area contributed by atoms with Gasteiger partial charge < -0.3 is 10.2 Å². The van der Waals surface area contributed by atoms with Crippen LogP contribution in [0.15, 0.2) is 24.3 Å². The molecule has 0 radical (unpaired) electrons. The standard InChI is InChI=1S/C18H28N2/c1-15-7-4-5-11-20(15)12-6-10-19-18-13-16-8-2-3-9-17(16)14-18/h2-3,8-9,15,18-19H,4-7,10-14H2,1H3. The van der Waals surface area contributed by atoms with Gasteiger partial charge in [-0.1, -0.05) is 30.7 Å². The van der Waals surface area contributed by atoms with Gasteiger partial charge in [0.25, 0.3) is 0 Å². The quantitative estimate of drug-likeness (QED) is 0.829. The van der Waals surface area contributed by atoms with Gasteiger partial charge in [-0.15, -0.1) is 0 Å². The number of rotatable bonds is 5. The molecule has 1 fully saturated rings. The smallest absolute Gasteiger partial charge is 0.0148 e. The maximum absolute atomic E-state index is 3.76. The second-order valence-electron chi connectivity index (χ2n) is 6.56. The van der Waals surface area contributed by atoms with Gasteiger partial charge in [0.15, 0.2) is 0 Å². The topological polar surface area (TPSA) is 15.3 Å². The van der Waals surface area contributed by atoms with Crippen molar-refractivity contribution in [2.24, 2.45) is 0 Å². The normalized spacial score (nSPS) is 23.9. The second-order valence-corrected chi connectivity index (χ2v) is 6.56. The van der Waals surface area contributed by atoms with E-state index in [1.807, 2.05) is 0 Å². The summed E-state index contributed by atoms with van der Waals surface area (Å²) < 4.78 is 0. The average Bonchev–Trinajstić information content (AvgIpc) is 2.88. The lowest BCUT2D eigenvalue weighted by molar-refractivity contribution is 0.158. The fourth-order valence-electron chi connectivity index (χ4n) is 3.78. The van der Waals surface area contributed by atoms with Crippen LogP contribution in [-0.2, 0) is 12.8 Å². The highest BCUT2D eigenvalue weighted by Gasteiger charge is 2.20. The number of likely N-dealkylation sites (tertiary alicyclic amines) is 1. The molecule has 1 aliphatic carbocycles. The molecule has 2 heteroatoms. The summed E-state index contributed by atoms with van der Waals surface area (Å²) in [5.41, 5.74) is 3.10. The Balaban J connectivity index is 1.35. The van der Waals surface area contributed by atoms with Crippen LogP contribution in [0.4, 0.5) is 0 Å². The molecule has 1 atom stereocenters. The third-order valence-corrected chi connectivity index (χ3v) is 5.05. The third kappa shape index (κ3) is 3.42. The number of hydrogen-bond donors (Lipinski definition) is 1. The molecule has 3 rings (SSSR count). The van der Waals surface area contributed by atoms with Crippen molar-refractivity contribution < 1.29 is 0 Å². The lowest BCUT2D eigenvalue weighted by atomic mass is 10.0. The first-order chi connectivity index (χ1) is 9.83. The van der Waals surface area contributed by atoms with Gasteiger partial charge in [0, 0.05) is 12.1 Å². The summed E-state index contributed by atoms with van der Waals surface area (Å²) in [4.78, 5) is 2.68. The first kappa shape index (κ1) is 14.1. The number of nitrogens with one attached hydrogen (secondary N) is 1. The van der Waals surface area contributed by atoms with Crippen LogP contribution in [0.5, 0.6) is 0 Å². The van der Waals surface area contributed by atoms with E-state index in [0.717, 1.165) is 6.04 Å². The van der Waals surface area contributed by atoms with Gasteiger partial charge >= 0.3 is 0 Å². The van der Waals surface area contributed by atoms with Crippen molar-refractivity contribution in [1.82, 2.24) is 10.2 Å². The summed E-state index contributed by atoms with van der Waals surface area (Å²) in [6.45, 7) is 6.14. The van der Waals surface area contributed by atoms with Gasteiger partial charge in [0.05, 0.1) is 0 Å². The van der Waals surface area contributed by atoms with Crippen LogP contribution in [0, 0.1) is 0 Å². The van der Waals surface area contributed by atoms with Crippen LogP contribution < -0.4 is 5.32 Å². The Morgan fingerprint density at radius 1 is 1.15 bits per heavy atom. The minimum atomic E-state index is 0.672. The van der Waals surface area contributed by atoms with Crippen LogP contribution in [0.1, 0.15) is 43.7 Å². The molecule has 0 amide bonds. The maximum atomic E-state index is 3.76. The summed E-state index contributed by atoms with van der Waals surface area (Å²) in [6, 6.07) is 10.4. The Morgan fingerprint density at radius 2 is 1.90 bits per heavy atom. The molecule has 0 spiro atoms. The van der Waals surface area contributed by atoms with Crippen molar-refractivity contribution in [3.8, 4) is 0 Å². The number of piperidine rings is 1. The Labute approximate surface area is 123 Å². The van der Waals surface area contributed by atoms with E-state index in [0.29, 0.717) is 6.04 Å². The largest absolute Gasteiger partial charge is 0.313 e. The van der Waals surface area contributed by atoms with Gasteiger partial charge in [0.1, 0.15) is 0 Å². The molecule has 0 aromatic heterocycles. The molecule has 1 aromatic carbocycles. The summed E-state index contributed by atoms with van der Waals surface area (Å²) in [5.74, 6) is 0. The average molecular weight is 272 g/mol. The Morgan fingerprint density at radius 3 is 2.60 bits per heavy atom. The molecule has 1 unspecified atom stereocenters. The van der Waals surface area contributed by atoms with Crippen molar-refractivity contribution in [1.29, 1.82) is 0 Å². The minimum Gasteiger partial charge on any atom is -0.313 e. The van der Waals surface area contributed by atoms with Crippen molar-refractivity contribution >= 4 is 0 Å². The fraction of sp³-hybridized carbons (Fsp3) is 0.667. The van der Waals surface area contributed by atoms with Crippen LogP contribution >= 0.6 is 0 Å². The fourth-order valence-corrected chi connectivity index (χ4v) is 3.78. The Hall–Kier alpha value is -0.860. The predicted molar refractivity (Wildman–Crippen MR) is 85.1 cm³/mol. The highest BCUT2D eigenvalue weighted by Crippen LogP contribution is 2.21. The monoisotopic (exact) mass is 272 g/mol.